The fraction of sp³-hybridized carbons (Fsp3) is 0.263. The van der Waals surface area contributed by atoms with Crippen LogP contribution in [0.15, 0.2) is 48.5 Å². The van der Waals surface area contributed by atoms with Crippen LogP contribution in [0.4, 0.5) is 20.2 Å². The van der Waals surface area contributed by atoms with Crippen molar-refractivity contribution < 1.29 is 23.3 Å². The molecular formula is C19H22F2N3O2+. The van der Waals surface area contributed by atoms with Gasteiger partial charge in [0, 0.05) is 17.9 Å². The summed E-state index contributed by atoms with van der Waals surface area (Å²) in [5, 5.41) is 2.60. The number of nitrogens with zero attached hydrogens (tertiary/aromatic N) is 1. The fourth-order valence-electron chi connectivity index (χ4n) is 2.59. The van der Waals surface area contributed by atoms with E-state index in [9.17, 15) is 18.4 Å². The van der Waals surface area contributed by atoms with Crippen molar-refractivity contribution >= 4 is 23.2 Å². The highest BCUT2D eigenvalue weighted by atomic mass is 19.1. The molecule has 138 valence electrons. The van der Waals surface area contributed by atoms with Gasteiger partial charge in [0.05, 0.1) is 7.05 Å². The normalized spacial score (nSPS) is 11.7. The molecule has 0 bridgehead atoms. The largest absolute Gasteiger partial charge is 0.322 e. The van der Waals surface area contributed by atoms with Crippen LogP contribution in [-0.4, -0.2) is 38.5 Å². The molecule has 2 N–H and O–H groups in total. The van der Waals surface area contributed by atoms with E-state index in [1.807, 2.05) is 6.92 Å². The van der Waals surface area contributed by atoms with E-state index < -0.39 is 5.82 Å². The van der Waals surface area contributed by atoms with Crippen molar-refractivity contribution in [2.45, 2.75) is 6.92 Å². The molecule has 0 spiro atoms. The zero-order valence-electron chi connectivity index (χ0n) is 14.8. The summed E-state index contributed by atoms with van der Waals surface area (Å²) in [6.45, 7) is 2.42. The Labute approximate surface area is 151 Å². The number of amides is 2. The number of carbonyl (C=O) groups excluding carboxylic acids is 2. The first-order valence-corrected chi connectivity index (χ1v) is 8.31. The lowest BCUT2D eigenvalue weighted by atomic mass is 10.2. The molecule has 0 fully saturated rings. The molecule has 0 aromatic heterocycles. The minimum Gasteiger partial charge on any atom is -0.322 e. The molecule has 2 aromatic rings. The van der Waals surface area contributed by atoms with Crippen molar-refractivity contribution in [2.24, 2.45) is 0 Å². The number of rotatable bonds is 7. The monoisotopic (exact) mass is 362 g/mol. The zero-order chi connectivity index (χ0) is 19.1. The second-order valence-corrected chi connectivity index (χ2v) is 5.98. The number of carbonyl (C=O) groups is 2. The topological polar surface area (TPSA) is 53.9 Å². The number of likely N-dealkylation sites (N-methyl/N-ethyl adjacent to an activating group) is 2. The first kappa shape index (κ1) is 19.5. The number of quaternary nitrogens is 1. The fourth-order valence-corrected chi connectivity index (χ4v) is 2.59. The predicted molar refractivity (Wildman–Crippen MR) is 96.1 cm³/mol. The van der Waals surface area contributed by atoms with Crippen LogP contribution in [0.3, 0.4) is 0 Å². The number of hydrogen-bond donors (Lipinski definition) is 2. The minimum atomic E-state index is -0.434. The van der Waals surface area contributed by atoms with Crippen molar-refractivity contribution in [1.82, 2.24) is 0 Å². The van der Waals surface area contributed by atoms with Gasteiger partial charge in [0.1, 0.15) is 11.6 Å². The van der Waals surface area contributed by atoms with Crippen LogP contribution < -0.4 is 15.1 Å². The Morgan fingerprint density at radius 2 is 1.73 bits per heavy atom. The van der Waals surface area contributed by atoms with Crippen molar-refractivity contribution in [3.05, 3.63) is 60.2 Å². The Balaban J connectivity index is 1.90. The first-order valence-electron chi connectivity index (χ1n) is 8.31. The van der Waals surface area contributed by atoms with Crippen LogP contribution in [0.2, 0.25) is 0 Å². The maximum Gasteiger partial charge on any atom is 0.282 e. The van der Waals surface area contributed by atoms with Crippen LogP contribution in [0.1, 0.15) is 6.92 Å². The van der Waals surface area contributed by atoms with Gasteiger partial charge in [-0.2, -0.15) is 0 Å². The maximum absolute atomic E-state index is 13.1. The number of benzene rings is 2. The second kappa shape index (κ2) is 9.05. The molecule has 2 aromatic carbocycles. The van der Waals surface area contributed by atoms with E-state index in [0.717, 1.165) is 0 Å². The van der Waals surface area contributed by atoms with Crippen LogP contribution >= 0.6 is 0 Å². The molecule has 2 rings (SSSR count). The molecule has 0 aliphatic carbocycles. The molecule has 1 unspecified atom stereocenters. The second-order valence-electron chi connectivity index (χ2n) is 5.98. The average molecular weight is 362 g/mol. The smallest absolute Gasteiger partial charge is 0.282 e. The molecule has 0 saturated carbocycles. The molecule has 1 atom stereocenters. The summed E-state index contributed by atoms with van der Waals surface area (Å²) >= 11 is 0. The lowest BCUT2D eigenvalue weighted by Gasteiger charge is -2.22. The van der Waals surface area contributed by atoms with E-state index in [1.165, 1.54) is 35.2 Å². The highest BCUT2D eigenvalue weighted by Crippen LogP contribution is 2.14. The van der Waals surface area contributed by atoms with E-state index >= 15 is 0 Å². The third kappa shape index (κ3) is 5.63. The summed E-state index contributed by atoms with van der Waals surface area (Å²) in [5.41, 5.74) is 0.978. The van der Waals surface area contributed by atoms with Crippen LogP contribution in [0.5, 0.6) is 0 Å². The van der Waals surface area contributed by atoms with Gasteiger partial charge in [0.15, 0.2) is 13.1 Å². The molecule has 2 amide bonds. The van der Waals surface area contributed by atoms with Gasteiger partial charge in [-0.05, 0) is 49.4 Å². The quantitative estimate of drug-likeness (QED) is 0.784. The Hall–Kier alpha value is -2.80. The van der Waals surface area contributed by atoms with Crippen molar-refractivity contribution in [3.8, 4) is 0 Å². The van der Waals surface area contributed by atoms with Crippen LogP contribution in [0, 0.1) is 11.6 Å². The van der Waals surface area contributed by atoms with Crippen molar-refractivity contribution in [2.75, 3.05) is 36.9 Å². The van der Waals surface area contributed by atoms with E-state index in [2.05, 4.69) is 5.32 Å². The lowest BCUT2D eigenvalue weighted by Crippen LogP contribution is -3.11. The standard InChI is InChI=1S/C19H21F2N3O2/c1-3-24(17-9-7-14(20)8-10-17)19(26)13-23(2)12-18(25)22-16-6-4-5-15(21)11-16/h4-11H,3,12-13H2,1-2H3,(H,22,25)/p+1. The Kier molecular flexibility index (Phi) is 6.80. The summed E-state index contributed by atoms with van der Waals surface area (Å²) in [4.78, 5) is 26.7. The Bertz CT molecular complexity index is 766. The predicted octanol–water partition coefficient (Wildman–Crippen LogP) is 1.47. The van der Waals surface area contributed by atoms with Gasteiger partial charge in [0.25, 0.3) is 11.8 Å². The van der Waals surface area contributed by atoms with Crippen molar-refractivity contribution in [1.29, 1.82) is 0 Å². The summed E-state index contributed by atoms with van der Waals surface area (Å²) in [5.74, 6) is -1.29. The van der Waals surface area contributed by atoms with E-state index in [4.69, 9.17) is 0 Å². The summed E-state index contributed by atoms with van der Waals surface area (Å²) in [7, 11) is 1.72. The van der Waals surface area contributed by atoms with Crippen LogP contribution in [-0.2, 0) is 9.59 Å². The average Bonchev–Trinajstić information content (AvgIpc) is 2.56. The summed E-state index contributed by atoms with van der Waals surface area (Å²) in [6, 6.07) is 11.3. The van der Waals surface area contributed by atoms with Crippen LogP contribution in [0.25, 0.3) is 0 Å². The van der Waals surface area contributed by atoms with Gasteiger partial charge in [-0.1, -0.05) is 6.07 Å². The third-order valence-corrected chi connectivity index (χ3v) is 3.78. The molecule has 0 aliphatic rings. The molecule has 0 radical (unpaired) electrons. The lowest BCUT2D eigenvalue weighted by molar-refractivity contribution is -0.862. The SMILES string of the molecule is CCN(C(=O)C[NH+](C)CC(=O)Nc1cccc(F)c1)c1ccc(F)cc1. The van der Waals surface area contributed by atoms with E-state index in [-0.39, 0.29) is 30.7 Å². The van der Waals surface area contributed by atoms with Gasteiger partial charge in [-0.15, -0.1) is 0 Å². The van der Waals surface area contributed by atoms with Gasteiger partial charge in [-0.25, -0.2) is 8.78 Å². The molecule has 5 nitrogen and oxygen atoms in total. The van der Waals surface area contributed by atoms with Crippen molar-refractivity contribution in [3.63, 3.8) is 0 Å². The molecule has 0 saturated heterocycles. The summed E-state index contributed by atoms with van der Waals surface area (Å²) in [6.07, 6.45) is 0. The van der Waals surface area contributed by atoms with Gasteiger partial charge < -0.3 is 15.1 Å². The molecule has 7 heteroatoms. The Morgan fingerprint density at radius 3 is 2.35 bits per heavy atom. The number of halogens is 2. The highest BCUT2D eigenvalue weighted by Gasteiger charge is 2.20. The third-order valence-electron chi connectivity index (χ3n) is 3.78. The number of hydrogen-bond acceptors (Lipinski definition) is 2. The molecule has 0 aliphatic heterocycles. The molecule has 0 heterocycles. The van der Waals surface area contributed by atoms with Gasteiger partial charge >= 0.3 is 0 Å². The minimum absolute atomic E-state index is 0.0588. The Morgan fingerprint density at radius 1 is 1.04 bits per heavy atom. The van der Waals surface area contributed by atoms with E-state index in [0.29, 0.717) is 22.8 Å². The van der Waals surface area contributed by atoms with E-state index in [1.54, 1.807) is 25.2 Å². The zero-order valence-corrected chi connectivity index (χ0v) is 14.8. The van der Waals surface area contributed by atoms with Gasteiger partial charge in [0.2, 0.25) is 0 Å². The highest BCUT2D eigenvalue weighted by molar-refractivity contribution is 5.94. The summed E-state index contributed by atoms with van der Waals surface area (Å²) < 4.78 is 26.2. The molecular weight excluding hydrogens is 340 g/mol. The first-order chi connectivity index (χ1) is 12.4. The molecule has 26 heavy (non-hydrogen) atoms. The van der Waals surface area contributed by atoms with Gasteiger partial charge in [-0.3, -0.25) is 9.59 Å². The number of anilines is 2. The maximum atomic E-state index is 13.1. The number of nitrogens with one attached hydrogen (secondary N) is 2.